The van der Waals surface area contributed by atoms with E-state index in [2.05, 4.69) is 10.3 Å². The molecule has 4 heteroatoms. The zero-order valence-corrected chi connectivity index (χ0v) is 10.3. The van der Waals surface area contributed by atoms with E-state index in [1.165, 1.54) is 0 Å². The summed E-state index contributed by atoms with van der Waals surface area (Å²) in [5, 5.41) is 2.98. The van der Waals surface area contributed by atoms with Crippen LogP contribution in [0.15, 0.2) is 18.5 Å². The van der Waals surface area contributed by atoms with Crippen molar-refractivity contribution in [3.8, 4) is 0 Å². The highest BCUT2D eigenvalue weighted by molar-refractivity contribution is 5.99. The van der Waals surface area contributed by atoms with E-state index in [0.717, 1.165) is 5.69 Å². The third-order valence-electron chi connectivity index (χ3n) is 2.55. The molecular weight excluding hydrogens is 202 g/mol. The Hall–Kier alpha value is -1.58. The minimum Gasteiger partial charge on any atom is -0.386 e. The Kier molecular flexibility index (Phi) is 4.28. The van der Waals surface area contributed by atoms with Crippen molar-refractivity contribution in [1.29, 1.82) is 0 Å². The van der Waals surface area contributed by atoms with Crippen molar-refractivity contribution < 1.29 is 4.79 Å². The highest BCUT2D eigenvalue weighted by Crippen LogP contribution is 2.16. The van der Waals surface area contributed by atoms with Crippen LogP contribution in [-0.4, -0.2) is 35.4 Å². The first kappa shape index (κ1) is 12.5. The molecular formula is C12H19N3O. The van der Waals surface area contributed by atoms with Gasteiger partial charge in [-0.2, -0.15) is 0 Å². The monoisotopic (exact) mass is 221 g/mol. The summed E-state index contributed by atoms with van der Waals surface area (Å²) >= 11 is 0. The summed E-state index contributed by atoms with van der Waals surface area (Å²) in [7, 11) is 1.79. The predicted molar refractivity (Wildman–Crippen MR) is 65.6 cm³/mol. The largest absolute Gasteiger partial charge is 0.386 e. The molecule has 0 spiro atoms. The minimum absolute atomic E-state index is 0.0456. The van der Waals surface area contributed by atoms with Gasteiger partial charge in [0, 0.05) is 25.8 Å². The molecule has 16 heavy (non-hydrogen) atoms. The Morgan fingerprint density at radius 2 is 2.25 bits per heavy atom. The van der Waals surface area contributed by atoms with Gasteiger partial charge in [0.1, 0.15) is 0 Å². The van der Waals surface area contributed by atoms with E-state index in [1.54, 1.807) is 25.5 Å². The lowest BCUT2D eigenvalue weighted by molar-refractivity contribution is 0.0718. The molecule has 1 aromatic heterocycles. The van der Waals surface area contributed by atoms with Crippen molar-refractivity contribution in [1.82, 2.24) is 9.88 Å². The summed E-state index contributed by atoms with van der Waals surface area (Å²) in [4.78, 5) is 18.1. The number of carbonyl (C=O) groups excluding carboxylic acids is 1. The third kappa shape index (κ3) is 2.51. The summed E-state index contributed by atoms with van der Waals surface area (Å²) < 4.78 is 0. The van der Waals surface area contributed by atoms with E-state index in [9.17, 15) is 4.79 Å². The van der Waals surface area contributed by atoms with E-state index in [-0.39, 0.29) is 11.9 Å². The van der Waals surface area contributed by atoms with Crippen molar-refractivity contribution in [2.45, 2.75) is 26.8 Å². The average molecular weight is 221 g/mol. The second kappa shape index (κ2) is 5.49. The van der Waals surface area contributed by atoms with Crippen LogP contribution in [0.4, 0.5) is 5.69 Å². The number of pyridine rings is 1. The lowest BCUT2D eigenvalue weighted by Gasteiger charge is -2.25. The molecule has 4 nitrogen and oxygen atoms in total. The zero-order valence-electron chi connectivity index (χ0n) is 10.3. The van der Waals surface area contributed by atoms with Crippen LogP contribution in [0, 0.1) is 0 Å². The van der Waals surface area contributed by atoms with Gasteiger partial charge in [0.15, 0.2) is 0 Å². The summed E-state index contributed by atoms with van der Waals surface area (Å²) in [5.74, 6) is 0.0456. The first-order chi connectivity index (χ1) is 7.61. The molecule has 0 radical (unpaired) electrons. The lowest BCUT2D eigenvalue weighted by Crippen LogP contribution is -2.37. The normalized spacial score (nSPS) is 10.3. The molecule has 1 heterocycles. The molecule has 1 N–H and O–H groups in total. The minimum atomic E-state index is 0.0456. The summed E-state index contributed by atoms with van der Waals surface area (Å²) in [6.45, 7) is 6.73. The van der Waals surface area contributed by atoms with Crippen LogP contribution in [0.2, 0.25) is 0 Å². The average Bonchev–Trinajstić information content (AvgIpc) is 2.29. The number of hydrogen-bond acceptors (Lipinski definition) is 3. The van der Waals surface area contributed by atoms with Gasteiger partial charge in [0.05, 0.1) is 17.4 Å². The molecule has 0 aliphatic heterocycles. The third-order valence-corrected chi connectivity index (χ3v) is 2.55. The fourth-order valence-corrected chi connectivity index (χ4v) is 1.68. The Balaban J connectivity index is 3.03. The maximum Gasteiger partial charge on any atom is 0.256 e. The number of amides is 1. The van der Waals surface area contributed by atoms with Crippen molar-refractivity contribution in [3.05, 3.63) is 24.0 Å². The SMILES string of the molecule is CCN(C(=O)c1ccncc1NC)C(C)C. The van der Waals surface area contributed by atoms with Crippen molar-refractivity contribution in [3.63, 3.8) is 0 Å². The van der Waals surface area contributed by atoms with E-state index in [0.29, 0.717) is 12.1 Å². The molecule has 0 aromatic carbocycles. The number of rotatable bonds is 4. The second-order valence-corrected chi connectivity index (χ2v) is 3.86. The smallest absolute Gasteiger partial charge is 0.256 e. The van der Waals surface area contributed by atoms with Gasteiger partial charge in [0.2, 0.25) is 0 Å². The highest BCUT2D eigenvalue weighted by Gasteiger charge is 2.19. The van der Waals surface area contributed by atoms with E-state index >= 15 is 0 Å². The number of nitrogens with one attached hydrogen (secondary N) is 1. The molecule has 0 aliphatic rings. The maximum absolute atomic E-state index is 12.3. The van der Waals surface area contributed by atoms with Gasteiger partial charge in [0.25, 0.3) is 5.91 Å². The Morgan fingerprint density at radius 3 is 2.75 bits per heavy atom. The molecule has 88 valence electrons. The van der Waals surface area contributed by atoms with Gasteiger partial charge in [-0.15, -0.1) is 0 Å². The summed E-state index contributed by atoms with van der Waals surface area (Å²) in [6, 6.07) is 1.95. The summed E-state index contributed by atoms with van der Waals surface area (Å²) in [6.07, 6.45) is 3.31. The van der Waals surface area contributed by atoms with Crippen molar-refractivity contribution >= 4 is 11.6 Å². The molecule has 0 unspecified atom stereocenters. The van der Waals surface area contributed by atoms with Crippen LogP contribution in [0.1, 0.15) is 31.1 Å². The van der Waals surface area contributed by atoms with Gasteiger partial charge >= 0.3 is 0 Å². The quantitative estimate of drug-likeness (QED) is 0.845. The Bertz CT molecular complexity index is 363. The summed E-state index contributed by atoms with van der Waals surface area (Å²) in [5.41, 5.74) is 1.44. The van der Waals surface area contributed by atoms with Crippen LogP contribution >= 0.6 is 0 Å². The van der Waals surface area contributed by atoms with Crippen LogP contribution < -0.4 is 5.32 Å². The van der Waals surface area contributed by atoms with Crippen molar-refractivity contribution in [2.75, 3.05) is 18.9 Å². The molecule has 1 rings (SSSR count). The lowest BCUT2D eigenvalue weighted by atomic mass is 10.1. The highest BCUT2D eigenvalue weighted by atomic mass is 16.2. The number of hydrogen-bond donors (Lipinski definition) is 1. The molecule has 1 amide bonds. The number of aromatic nitrogens is 1. The second-order valence-electron chi connectivity index (χ2n) is 3.86. The number of nitrogens with zero attached hydrogens (tertiary/aromatic N) is 2. The van der Waals surface area contributed by atoms with Gasteiger partial charge in [-0.1, -0.05) is 0 Å². The first-order valence-electron chi connectivity index (χ1n) is 5.54. The van der Waals surface area contributed by atoms with Crippen LogP contribution in [0.25, 0.3) is 0 Å². The van der Waals surface area contributed by atoms with Gasteiger partial charge < -0.3 is 10.2 Å². The maximum atomic E-state index is 12.3. The van der Waals surface area contributed by atoms with Crippen LogP contribution in [-0.2, 0) is 0 Å². The van der Waals surface area contributed by atoms with Crippen molar-refractivity contribution in [2.24, 2.45) is 0 Å². The molecule has 0 atom stereocenters. The van der Waals surface area contributed by atoms with Crippen LogP contribution in [0.5, 0.6) is 0 Å². The first-order valence-corrected chi connectivity index (χ1v) is 5.54. The molecule has 1 aromatic rings. The Labute approximate surface area is 96.7 Å². The van der Waals surface area contributed by atoms with Gasteiger partial charge in [-0.25, -0.2) is 0 Å². The molecule has 0 saturated heterocycles. The van der Waals surface area contributed by atoms with Gasteiger partial charge in [-0.3, -0.25) is 9.78 Å². The number of anilines is 1. The fraction of sp³-hybridized carbons (Fsp3) is 0.500. The Morgan fingerprint density at radius 1 is 1.56 bits per heavy atom. The van der Waals surface area contributed by atoms with E-state index in [4.69, 9.17) is 0 Å². The fourth-order valence-electron chi connectivity index (χ4n) is 1.68. The molecule has 0 aliphatic carbocycles. The zero-order chi connectivity index (χ0) is 12.1. The van der Waals surface area contributed by atoms with Gasteiger partial charge in [-0.05, 0) is 26.8 Å². The standard InChI is InChI=1S/C12H19N3O/c1-5-15(9(2)3)12(16)10-6-7-14-8-11(10)13-4/h6-9,13H,5H2,1-4H3. The predicted octanol–water partition coefficient (Wildman–Crippen LogP) is 1.99. The van der Waals surface area contributed by atoms with Crippen LogP contribution in [0.3, 0.4) is 0 Å². The topological polar surface area (TPSA) is 45.2 Å². The van der Waals surface area contributed by atoms with E-state index < -0.39 is 0 Å². The molecule has 0 fully saturated rings. The molecule has 0 bridgehead atoms. The van der Waals surface area contributed by atoms with E-state index in [1.807, 2.05) is 25.7 Å². The number of carbonyl (C=O) groups is 1. The molecule has 0 saturated carbocycles.